The molecule has 0 radical (unpaired) electrons. The first-order valence-electron chi connectivity index (χ1n) is 7.96. The summed E-state index contributed by atoms with van der Waals surface area (Å²) in [5, 5.41) is 34.9. The van der Waals surface area contributed by atoms with Gasteiger partial charge < -0.3 is 0 Å². The standard InChI is InChI=1S/C16H23N3O6/c1-7-15(3,4)12-10(17(20)21)9-11(18(22)23)13(14(12)19(24)25)16(5,6)8-2/h9H,7-8H2,1-6H3. The van der Waals surface area contributed by atoms with E-state index in [0.717, 1.165) is 6.07 Å². The van der Waals surface area contributed by atoms with E-state index in [1.807, 2.05) is 0 Å². The van der Waals surface area contributed by atoms with Crippen LogP contribution in [0.1, 0.15) is 65.5 Å². The van der Waals surface area contributed by atoms with Crippen LogP contribution in [0.25, 0.3) is 0 Å². The van der Waals surface area contributed by atoms with Crippen molar-refractivity contribution in [2.45, 2.75) is 65.2 Å². The fourth-order valence-corrected chi connectivity index (χ4v) is 2.80. The van der Waals surface area contributed by atoms with E-state index in [2.05, 4.69) is 0 Å². The van der Waals surface area contributed by atoms with Gasteiger partial charge in [0.2, 0.25) is 0 Å². The Bertz CT molecular complexity index is 688. The van der Waals surface area contributed by atoms with Crippen molar-refractivity contribution in [3.63, 3.8) is 0 Å². The summed E-state index contributed by atoms with van der Waals surface area (Å²) in [6.07, 6.45) is 0.803. The van der Waals surface area contributed by atoms with Gasteiger partial charge in [0.15, 0.2) is 0 Å². The summed E-state index contributed by atoms with van der Waals surface area (Å²) in [7, 11) is 0. The molecule has 0 heterocycles. The summed E-state index contributed by atoms with van der Waals surface area (Å²) in [5.41, 5.74) is -3.59. The Morgan fingerprint density at radius 2 is 1.08 bits per heavy atom. The summed E-state index contributed by atoms with van der Waals surface area (Å²) in [6, 6.07) is 0.868. The Balaban J connectivity index is 4.28. The van der Waals surface area contributed by atoms with Crippen molar-refractivity contribution in [1.29, 1.82) is 0 Å². The van der Waals surface area contributed by atoms with Crippen molar-refractivity contribution in [1.82, 2.24) is 0 Å². The van der Waals surface area contributed by atoms with E-state index >= 15 is 0 Å². The summed E-state index contributed by atoms with van der Waals surface area (Å²) in [6.45, 7) is 10.2. The van der Waals surface area contributed by atoms with Crippen LogP contribution in [0.3, 0.4) is 0 Å². The molecule has 1 aromatic rings. The molecule has 0 aromatic heterocycles. The molecule has 0 amide bonds. The van der Waals surface area contributed by atoms with Gasteiger partial charge in [-0.05, 0) is 12.8 Å². The normalized spacial score (nSPS) is 12.1. The van der Waals surface area contributed by atoms with Crippen LogP contribution in [0.15, 0.2) is 6.07 Å². The second-order valence-electron chi connectivity index (χ2n) is 7.26. The highest BCUT2D eigenvalue weighted by Gasteiger charge is 2.46. The number of rotatable bonds is 7. The van der Waals surface area contributed by atoms with Gasteiger partial charge in [0, 0.05) is 10.8 Å². The largest absolute Gasteiger partial charge is 0.290 e. The molecule has 0 unspecified atom stereocenters. The minimum Gasteiger partial charge on any atom is -0.258 e. The van der Waals surface area contributed by atoms with E-state index in [9.17, 15) is 30.3 Å². The zero-order chi connectivity index (χ0) is 19.7. The number of hydrogen-bond donors (Lipinski definition) is 0. The van der Waals surface area contributed by atoms with Gasteiger partial charge in [-0.2, -0.15) is 0 Å². The molecule has 0 fully saturated rings. The molecule has 0 atom stereocenters. The molecule has 1 aromatic carbocycles. The average Bonchev–Trinajstić information content (AvgIpc) is 2.52. The van der Waals surface area contributed by atoms with Crippen LogP contribution in [-0.4, -0.2) is 14.8 Å². The zero-order valence-corrected chi connectivity index (χ0v) is 15.3. The van der Waals surface area contributed by atoms with E-state index in [-0.39, 0.29) is 11.1 Å². The van der Waals surface area contributed by atoms with Crippen LogP contribution >= 0.6 is 0 Å². The molecule has 0 N–H and O–H groups in total. The van der Waals surface area contributed by atoms with Crippen LogP contribution in [0.4, 0.5) is 17.1 Å². The van der Waals surface area contributed by atoms with E-state index in [0.29, 0.717) is 12.8 Å². The fraction of sp³-hybridized carbons (Fsp3) is 0.625. The van der Waals surface area contributed by atoms with Crippen LogP contribution < -0.4 is 0 Å². The van der Waals surface area contributed by atoms with Crippen molar-refractivity contribution >= 4 is 17.1 Å². The molecule has 9 heteroatoms. The van der Waals surface area contributed by atoms with Crippen molar-refractivity contribution in [2.24, 2.45) is 0 Å². The Morgan fingerprint density at radius 1 is 0.760 bits per heavy atom. The number of benzene rings is 1. The monoisotopic (exact) mass is 353 g/mol. The van der Waals surface area contributed by atoms with Crippen LogP contribution in [0.2, 0.25) is 0 Å². The van der Waals surface area contributed by atoms with E-state index in [1.54, 1.807) is 41.5 Å². The zero-order valence-electron chi connectivity index (χ0n) is 15.3. The smallest absolute Gasteiger partial charge is 0.258 e. The second kappa shape index (κ2) is 6.73. The molecule has 0 bridgehead atoms. The predicted octanol–water partition coefficient (Wildman–Crippen LogP) is 4.79. The Morgan fingerprint density at radius 3 is 1.28 bits per heavy atom. The Hall–Kier alpha value is -2.58. The van der Waals surface area contributed by atoms with Crippen LogP contribution in [-0.2, 0) is 10.8 Å². The first-order valence-corrected chi connectivity index (χ1v) is 7.96. The maximum absolute atomic E-state index is 11.9. The molecule has 0 aliphatic rings. The highest BCUT2D eigenvalue weighted by Crippen LogP contribution is 2.50. The van der Waals surface area contributed by atoms with Crippen molar-refractivity contribution in [3.8, 4) is 0 Å². The molecule has 25 heavy (non-hydrogen) atoms. The van der Waals surface area contributed by atoms with Crippen LogP contribution in [0, 0.1) is 30.3 Å². The second-order valence-corrected chi connectivity index (χ2v) is 7.26. The molecule has 0 spiro atoms. The minimum absolute atomic E-state index is 0.0628. The molecule has 0 aliphatic carbocycles. The van der Waals surface area contributed by atoms with Crippen molar-refractivity contribution in [3.05, 3.63) is 47.5 Å². The van der Waals surface area contributed by atoms with Gasteiger partial charge in [-0.15, -0.1) is 0 Å². The molecular formula is C16H23N3O6. The summed E-state index contributed by atoms with van der Waals surface area (Å²) in [4.78, 5) is 32.6. The summed E-state index contributed by atoms with van der Waals surface area (Å²) < 4.78 is 0. The maximum atomic E-state index is 11.9. The number of hydrogen-bond acceptors (Lipinski definition) is 6. The third-order valence-corrected chi connectivity index (χ3v) is 4.96. The lowest BCUT2D eigenvalue weighted by Gasteiger charge is -2.28. The molecule has 1 rings (SSSR count). The van der Waals surface area contributed by atoms with E-state index in [1.165, 1.54) is 0 Å². The summed E-state index contributed by atoms with van der Waals surface area (Å²) >= 11 is 0. The molecule has 0 saturated carbocycles. The van der Waals surface area contributed by atoms with Gasteiger partial charge in [0.05, 0.1) is 20.8 Å². The topological polar surface area (TPSA) is 129 Å². The van der Waals surface area contributed by atoms with Crippen molar-refractivity contribution in [2.75, 3.05) is 0 Å². The highest BCUT2D eigenvalue weighted by molar-refractivity contribution is 5.70. The van der Waals surface area contributed by atoms with Crippen LogP contribution in [0.5, 0.6) is 0 Å². The number of nitrogens with zero attached hydrogens (tertiary/aromatic N) is 3. The molecular weight excluding hydrogens is 330 g/mol. The fourth-order valence-electron chi connectivity index (χ4n) is 2.80. The number of nitro benzene ring substituents is 3. The minimum atomic E-state index is -0.890. The van der Waals surface area contributed by atoms with Gasteiger partial charge in [0.25, 0.3) is 17.1 Å². The lowest BCUT2D eigenvalue weighted by Crippen LogP contribution is -2.26. The van der Waals surface area contributed by atoms with Crippen molar-refractivity contribution < 1.29 is 14.8 Å². The number of nitro groups is 3. The average molecular weight is 353 g/mol. The first kappa shape index (κ1) is 20.5. The third-order valence-electron chi connectivity index (χ3n) is 4.96. The Labute approximate surface area is 145 Å². The molecule has 9 nitrogen and oxygen atoms in total. The third kappa shape index (κ3) is 3.59. The predicted molar refractivity (Wildman–Crippen MR) is 93.0 cm³/mol. The van der Waals surface area contributed by atoms with E-state index in [4.69, 9.17) is 0 Å². The maximum Gasteiger partial charge on any atom is 0.290 e. The summed E-state index contributed by atoms with van der Waals surface area (Å²) in [5.74, 6) is 0. The molecule has 138 valence electrons. The Kier molecular flexibility index (Phi) is 5.51. The van der Waals surface area contributed by atoms with E-state index < -0.39 is 42.7 Å². The van der Waals surface area contributed by atoms with Gasteiger partial charge in [-0.25, -0.2) is 0 Å². The first-order chi connectivity index (χ1) is 11.3. The van der Waals surface area contributed by atoms with Gasteiger partial charge in [-0.3, -0.25) is 30.3 Å². The lowest BCUT2D eigenvalue weighted by atomic mass is 9.73. The molecule has 0 aliphatic heterocycles. The molecule has 0 saturated heterocycles. The quantitative estimate of drug-likeness (QED) is 0.512. The highest BCUT2D eigenvalue weighted by atomic mass is 16.6. The lowest BCUT2D eigenvalue weighted by molar-refractivity contribution is -0.406. The van der Waals surface area contributed by atoms with Gasteiger partial charge in [0.1, 0.15) is 11.1 Å². The SMILES string of the molecule is CCC(C)(C)c1c([N+](=O)[O-])cc([N+](=O)[O-])c(C(C)(C)CC)c1[N+](=O)[O-]. The van der Waals surface area contributed by atoms with Gasteiger partial charge >= 0.3 is 0 Å². The van der Waals surface area contributed by atoms with Gasteiger partial charge in [-0.1, -0.05) is 41.5 Å².